The fourth-order valence-corrected chi connectivity index (χ4v) is 2.67. The average Bonchev–Trinajstić information content (AvgIpc) is 3.16. The Morgan fingerprint density at radius 1 is 1.22 bits per heavy atom. The van der Waals surface area contributed by atoms with E-state index in [1.54, 1.807) is 0 Å². The standard InChI is InChI=1S/C13H22N4O/c1-10-15-16-13(17(10)11-2-3-11)6-9-18-12-4-7-14-8-5-12/h11-12,14H,2-9H2,1H3. The van der Waals surface area contributed by atoms with Gasteiger partial charge in [0.1, 0.15) is 11.6 Å². The predicted molar refractivity (Wildman–Crippen MR) is 68.6 cm³/mol. The van der Waals surface area contributed by atoms with E-state index in [0.717, 1.165) is 50.6 Å². The SMILES string of the molecule is Cc1nnc(CCOC2CCNCC2)n1C1CC1. The van der Waals surface area contributed by atoms with Gasteiger partial charge >= 0.3 is 0 Å². The summed E-state index contributed by atoms with van der Waals surface area (Å²) in [6, 6.07) is 0.661. The summed E-state index contributed by atoms with van der Waals surface area (Å²) < 4.78 is 8.23. The second-order valence-electron chi connectivity index (χ2n) is 5.33. The van der Waals surface area contributed by atoms with Gasteiger partial charge in [0.2, 0.25) is 0 Å². The van der Waals surface area contributed by atoms with Gasteiger partial charge in [-0.15, -0.1) is 10.2 Å². The van der Waals surface area contributed by atoms with Crippen LogP contribution < -0.4 is 5.32 Å². The molecule has 1 aromatic heterocycles. The van der Waals surface area contributed by atoms with Crippen LogP contribution in [-0.2, 0) is 11.2 Å². The topological polar surface area (TPSA) is 52.0 Å². The van der Waals surface area contributed by atoms with Gasteiger partial charge in [0.25, 0.3) is 0 Å². The first-order chi connectivity index (χ1) is 8.84. The summed E-state index contributed by atoms with van der Waals surface area (Å²) in [6.45, 7) is 4.99. The summed E-state index contributed by atoms with van der Waals surface area (Å²) in [6.07, 6.45) is 6.15. The monoisotopic (exact) mass is 250 g/mol. The number of nitrogens with zero attached hydrogens (tertiary/aromatic N) is 3. The Balaban J connectivity index is 1.50. The molecule has 2 heterocycles. The number of piperidine rings is 1. The van der Waals surface area contributed by atoms with Crippen molar-refractivity contribution in [2.24, 2.45) is 0 Å². The molecule has 0 bridgehead atoms. The van der Waals surface area contributed by atoms with E-state index in [-0.39, 0.29) is 0 Å². The molecule has 0 unspecified atom stereocenters. The molecular weight excluding hydrogens is 228 g/mol. The summed E-state index contributed by atoms with van der Waals surface area (Å²) in [5.41, 5.74) is 0. The highest BCUT2D eigenvalue weighted by molar-refractivity contribution is 5.01. The maximum Gasteiger partial charge on any atom is 0.135 e. The molecule has 0 atom stereocenters. The Hall–Kier alpha value is -0.940. The third-order valence-electron chi connectivity index (χ3n) is 3.81. The lowest BCUT2D eigenvalue weighted by Gasteiger charge is -2.22. The van der Waals surface area contributed by atoms with Crippen LogP contribution in [0.15, 0.2) is 0 Å². The molecule has 100 valence electrons. The molecule has 0 amide bonds. The predicted octanol–water partition coefficient (Wildman–Crippen LogP) is 1.23. The van der Waals surface area contributed by atoms with Crippen molar-refractivity contribution in [3.8, 4) is 0 Å². The van der Waals surface area contributed by atoms with Crippen LogP contribution in [0.5, 0.6) is 0 Å². The van der Waals surface area contributed by atoms with Crippen molar-refractivity contribution in [3.05, 3.63) is 11.6 Å². The van der Waals surface area contributed by atoms with Crippen LogP contribution in [0.2, 0.25) is 0 Å². The summed E-state index contributed by atoms with van der Waals surface area (Å²) in [5.74, 6) is 2.15. The summed E-state index contributed by atoms with van der Waals surface area (Å²) in [4.78, 5) is 0. The summed E-state index contributed by atoms with van der Waals surface area (Å²) in [7, 11) is 0. The van der Waals surface area contributed by atoms with Gasteiger partial charge in [-0.3, -0.25) is 0 Å². The van der Waals surface area contributed by atoms with Gasteiger partial charge in [0.05, 0.1) is 12.7 Å². The van der Waals surface area contributed by atoms with E-state index in [2.05, 4.69) is 20.1 Å². The van der Waals surface area contributed by atoms with E-state index >= 15 is 0 Å². The molecule has 1 N–H and O–H groups in total. The Kier molecular flexibility index (Phi) is 3.61. The molecule has 1 aromatic rings. The molecule has 2 fully saturated rings. The van der Waals surface area contributed by atoms with Gasteiger partial charge in [0.15, 0.2) is 0 Å². The number of hydrogen-bond acceptors (Lipinski definition) is 4. The molecule has 3 rings (SSSR count). The fourth-order valence-electron chi connectivity index (χ4n) is 2.67. The molecule has 5 heteroatoms. The Morgan fingerprint density at radius 2 is 2.00 bits per heavy atom. The third-order valence-corrected chi connectivity index (χ3v) is 3.81. The van der Waals surface area contributed by atoms with Crippen molar-refractivity contribution >= 4 is 0 Å². The molecule has 1 aliphatic carbocycles. The van der Waals surface area contributed by atoms with Crippen LogP contribution >= 0.6 is 0 Å². The van der Waals surface area contributed by atoms with Gasteiger partial charge in [-0.25, -0.2) is 0 Å². The van der Waals surface area contributed by atoms with Gasteiger partial charge in [-0.05, 0) is 45.7 Å². The smallest absolute Gasteiger partial charge is 0.135 e. The third kappa shape index (κ3) is 2.72. The Morgan fingerprint density at radius 3 is 2.72 bits per heavy atom. The van der Waals surface area contributed by atoms with E-state index in [0.29, 0.717) is 12.1 Å². The number of hydrogen-bond donors (Lipinski definition) is 1. The van der Waals surface area contributed by atoms with Crippen molar-refractivity contribution in [1.29, 1.82) is 0 Å². The zero-order chi connectivity index (χ0) is 12.4. The first kappa shape index (κ1) is 12.1. The summed E-state index contributed by atoms with van der Waals surface area (Å²) in [5, 5.41) is 11.8. The lowest BCUT2D eigenvalue weighted by atomic mass is 10.1. The minimum Gasteiger partial charge on any atom is -0.378 e. The van der Waals surface area contributed by atoms with Crippen molar-refractivity contribution in [1.82, 2.24) is 20.1 Å². The second kappa shape index (κ2) is 5.36. The van der Waals surface area contributed by atoms with Crippen LogP contribution in [0, 0.1) is 6.92 Å². The zero-order valence-corrected chi connectivity index (χ0v) is 11.1. The number of rotatable bonds is 5. The van der Waals surface area contributed by atoms with Gasteiger partial charge in [-0.2, -0.15) is 0 Å². The number of aryl methyl sites for hydroxylation is 1. The number of aromatic nitrogens is 3. The van der Waals surface area contributed by atoms with Crippen molar-refractivity contribution in [2.75, 3.05) is 19.7 Å². The molecule has 0 aromatic carbocycles. The van der Waals surface area contributed by atoms with Crippen molar-refractivity contribution < 1.29 is 4.74 Å². The minimum atomic E-state index is 0.435. The first-order valence-corrected chi connectivity index (χ1v) is 7.07. The maximum atomic E-state index is 5.93. The Bertz CT molecular complexity index is 394. The number of nitrogens with one attached hydrogen (secondary N) is 1. The molecule has 1 saturated carbocycles. The van der Waals surface area contributed by atoms with Crippen molar-refractivity contribution in [2.45, 2.75) is 51.2 Å². The fraction of sp³-hybridized carbons (Fsp3) is 0.846. The molecule has 18 heavy (non-hydrogen) atoms. The highest BCUT2D eigenvalue weighted by atomic mass is 16.5. The van der Waals surface area contributed by atoms with E-state index in [4.69, 9.17) is 4.74 Å². The Labute approximate surface area is 108 Å². The molecule has 0 radical (unpaired) electrons. The molecule has 1 aliphatic heterocycles. The highest BCUT2D eigenvalue weighted by Gasteiger charge is 2.28. The van der Waals surface area contributed by atoms with Crippen LogP contribution in [0.1, 0.15) is 43.4 Å². The normalized spacial score (nSPS) is 21.4. The maximum absolute atomic E-state index is 5.93. The molecule has 1 saturated heterocycles. The zero-order valence-electron chi connectivity index (χ0n) is 11.1. The minimum absolute atomic E-state index is 0.435. The van der Waals surface area contributed by atoms with Crippen LogP contribution in [0.25, 0.3) is 0 Å². The average molecular weight is 250 g/mol. The largest absolute Gasteiger partial charge is 0.378 e. The van der Waals surface area contributed by atoms with Gasteiger partial charge in [-0.1, -0.05) is 0 Å². The van der Waals surface area contributed by atoms with E-state index in [1.165, 1.54) is 12.8 Å². The van der Waals surface area contributed by atoms with Gasteiger partial charge in [0, 0.05) is 12.5 Å². The van der Waals surface area contributed by atoms with Crippen molar-refractivity contribution in [3.63, 3.8) is 0 Å². The molecule has 2 aliphatic rings. The highest BCUT2D eigenvalue weighted by Crippen LogP contribution is 2.36. The van der Waals surface area contributed by atoms with E-state index in [1.807, 2.05) is 6.92 Å². The lowest BCUT2D eigenvalue weighted by molar-refractivity contribution is 0.0339. The first-order valence-electron chi connectivity index (χ1n) is 7.07. The number of ether oxygens (including phenoxy) is 1. The molecule has 0 spiro atoms. The molecular formula is C13H22N4O. The van der Waals surface area contributed by atoms with E-state index in [9.17, 15) is 0 Å². The van der Waals surface area contributed by atoms with Gasteiger partial charge < -0.3 is 14.6 Å². The summed E-state index contributed by atoms with van der Waals surface area (Å²) >= 11 is 0. The lowest BCUT2D eigenvalue weighted by Crippen LogP contribution is -2.32. The molecule has 5 nitrogen and oxygen atoms in total. The van der Waals surface area contributed by atoms with Crippen LogP contribution in [0.3, 0.4) is 0 Å². The van der Waals surface area contributed by atoms with Crippen LogP contribution in [-0.4, -0.2) is 40.6 Å². The quantitative estimate of drug-likeness (QED) is 0.854. The van der Waals surface area contributed by atoms with E-state index < -0.39 is 0 Å². The van der Waals surface area contributed by atoms with Crippen LogP contribution in [0.4, 0.5) is 0 Å². The second-order valence-corrected chi connectivity index (χ2v) is 5.33.